The van der Waals surface area contributed by atoms with Gasteiger partial charge in [0.15, 0.2) is 0 Å². The van der Waals surface area contributed by atoms with Gasteiger partial charge in [-0.15, -0.1) is 0 Å². The monoisotopic (exact) mass is 420 g/mol. The standard InChI is InChI=1S/C22H23F3N2O3/c23-22(24,25)16-7-4-8-17(11-16)26-21(28)27-18-13-30-19-15(12-29-20(18)19)10-9-14-5-2-1-3-6-14/h1-8,11,15,18-20H,9-10,12-13H2,(H2,26,27,28)/t15-,18-,19+,20+/m0/s1. The van der Waals surface area contributed by atoms with Crippen LogP contribution in [0.1, 0.15) is 17.5 Å². The van der Waals surface area contributed by atoms with Gasteiger partial charge < -0.3 is 20.1 Å². The molecule has 2 aromatic carbocycles. The zero-order valence-electron chi connectivity index (χ0n) is 16.2. The number of hydrogen-bond donors (Lipinski definition) is 2. The van der Waals surface area contributed by atoms with Crippen LogP contribution in [0, 0.1) is 5.92 Å². The van der Waals surface area contributed by atoms with Crippen LogP contribution in [0.15, 0.2) is 54.6 Å². The first-order chi connectivity index (χ1) is 14.4. The van der Waals surface area contributed by atoms with Gasteiger partial charge in [0, 0.05) is 11.6 Å². The molecule has 2 saturated heterocycles. The van der Waals surface area contributed by atoms with Crippen molar-refractivity contribution < 1.29 is 27.4 Å². The summed E-state index contributed by atoms with van der Waals surface area (Å²) in [7, 11) is 0. The van der Waals surface area contributed by atoms with Gasteiger partial charge in [0.25, 0.3) is 0 Å². The van der Waals surface area contributed by atoms with E-state index in [-0.39, 0.29) is 29.9 Å². The van der Waals surface area contributed by atoms with Gasteiger partial charge >= 0.3 is 12.2 Å². The van der Waals surface area contributed by atoms with E-state index in [1.807, 2.05) is 18.2 Å². The van der Waals surface area contributed by atoms with Gasteiger partial charge in [0.2, 0.25) is 0 Å². The molecule has 2 N–H and O–H groups in total. The number of aryl methyl sites for hydroxylation is 1. The van der Waals surface area contributed by atoms with Crippen molar-refractivity contribution >= 4 is 11.7 Å². The van der Waals surface area contributed by atoms with Crippen molar-refractivity contribution in [1.29, 1.82) is 0 Å². The van der Waals surface area contributed by atoms with Crippen LogP contribution in [0.2, 0.25) is 0 Å². The number of urea groups is 1. The topological polar surface area (TPSA) is 59.6 Å². The van der Waals surface area contributed by atoms with Gasteiger partial charge in [-0.05, 0) is 36.6 Å². The fourth-order valence-corrected chi connectivity index (χ4v) is 4.06. The first-order valence-electron chi connectivity index (χ1n) is 9.92. The molecule has 5 nitrogen and oxygen atoms in total. The molecule has 0 bridgehead atoms. The second kappa shape index (κ2) is 8.65. The fourth-order valence-electron chi connectivity index (χ4n) is 4.06. The van der Waals surface area contributed by atoms with Gasteiger partial charge in [0.1, 0.15) is 6.10 Å². The second-order valence-corrected chi connectivity index (χ2v) is 7.66. The van der Waals surface area contributed by atoms with Crippen LogP contribution in [-0.4, -0.2) is 37.5 Å². The lowest BCUT2D eigenvalue weighted by Gasteiger charge is -2.18. The number of hydrogen-bond acceptors (Lipinski definition) is 3. The first-order valence-corrected chi connectivity index (χ1v) is 9.92. The highest BCUT2D eigenvalue weighted by atomic mass is 19.4. The Hall–Kier alpha value is -2.58. The highest BCUT2D eigenvalue weighted by Crippen LogP contribution is 2.34. The number of halogens is 3. The highest BCUT2D eigenvalue weighted by Gasteiger charge is 2.47. The van der Waals surface area contributed by atoms with Crippen LogP contribution >= 0.6 is 0 Å². The third-order valence-corrected chi connectivity index (χ3v) is 5.57. The summed E-state index contributed by atoms with van der Waals surface area (Å²) in [5.74, 6) is 0.244. The molecule has 0 unspecified atom stereocenters. The third-order valence-electron chi connectivity index (χ3n) is 5.57. The maximum Gasteiger partial charge on any atom is 0.416 e. The maximum absolute atomic E-state index is 12.8. The summed E-state index contributed by atoms with van der Waals surface area (Å²) in [6.07, 6.45) is -2.96. The van der Waals surface area contributed by atoms with Gasteiger partial charge in [-0.2, -0.15) is 13.2 Å². The molecule has 4 atom stereocenters. The number of alkyl halides is 3. The van der Waals surface area contributed by atoms with E-state index in [1.165, 1.54) is 17.7 Å². The maximum atomic E-state index is 12.8. The Morgan fingerprint density at radius 2 is 1.77 bits per heavy atom. The number of nitrogens with one attached hydrogen (secondary N) is 2. The smallest absolute Gasteiger partial charge is 0.373 e. The van der Waals surface area contributed by atoms with Gasteiger partial charge in [0.05, 0.1) is 30.9 Å². The highest BCUT2D eigenvalue weighted by molar-refractivity contribution is 5.89. The Labute approximate surface area is 172 Å². The molecule has 2 aromatic rings. The Balaban J connectivity index is 1.30. The van der Waals surface area contributed by atoms with E-state index in [9.17, 15) is 18.0 Å². The minimum Gasteiger partial charge on any atom is -0.373 e. The number of carbonyl (C=O) groups is 1. The Kier molecular flexibility index (Phi) is 5.97. The summed E-state index contributed by atoms with van der Waals surface area (Å²) < 4.78 is 50.3. The third kappa shape index (κ3) is 4.76. The van der Waals surface area contributed by atoms with Crippen molar-refractivity contribution in [2.24, 2.45) is 5.92 Å². The molecule has 2 amide bonds. The number of fused-ring (bicyclic) bond motifs is 1. The normalized spacial score (nSPS) is 25.7. The zero-order valence-corrected chi connectivity index (χ0v) is 16.2. The summed E-state index contributed by atoms with van der Waals surface area (Å²) in [4.78, 5) is 12.3. The quantitative estimate of drug-likeness (QED) is 0.761. The fraction of sp³-hybridized carbons (Fsp3) is 0.409. The van der Waals surface area contributed by atoms with Crippen molar-refractivity contribution in [2.45, 2.75) is 37.3 Å². The molecule has 8 heteroatoms. The number of amides is 2. The van der Waals surface area contributed by atoms with E-state index >= 15 is 0 Å². The van der Waals surface area contributed by atoms with Crippen LogP contribution in [0.25, 0.3) is 0 Å². The second-order valence-electron chi connectivity index (χ2n) is 7.66. The Morgan fingerprint density at radius 1 is 1.00 bits per heavy atom. The molecule has 0 saturated carbocycles. The van der Waals surface area contributed by atoms with Crippen LogP contribution in [0.3, 0.4) is 0 Å². The molecule has 2 aliphatic heterocycles. The van der Waals surface area contributed by atoms with Crippen LogP contribution in [0.5, 0.6) is 0 Å². The van der Waals surface area contributed by atoms with Crippen molar-refractivity contribution in [3.63, 3.8) is 0 Å². The SMILES string of the molecule is O=C(Nc1cccc(C(F)(F)F)c1)N[C@H]1CO[C@@H]2[C@@H](CCc3ccccc3)CO[C@@H]21. The van der Waals surface area contributed by atoms with E-state index in [0.717, 1.165) is 25.0 Å². The lowest BCUT2D eigenvalue weighted by atomic mass is 9.93. The molecule has 4 rings (SSSR count). The van der Waals surface area contributed by atoms with Crippen molar-refractivity contribution in [3.8, 4) is 0 Å². The summed E-state index contributed by atoms with van der Waals surface area (Å²) in [6.45, 7) is 0.878. The van der Waals surface area contributed by atoms with E-state index < -0.39 is 17.8 Å². The summed E-state index contributed by atoms with van der Waals surface area (Å²) >= 11 is 0. The number of benzene rings is 2. The summed E-state index contributed by atoms with van der Waals surface area (Å²) in [6, 6.07) is 13.8. The lowest BCUT2D eigenvalue weighted by molar-refractivity contribution is -0.137. The number of anilines is 1. The van der Waals surface area contributed by atoms with E-state index in [1.54, 1.807) is 0 Å². The van der Waals surface area contributed by atoms with Gasteiger partial charge in [-0.1, -0.05) is 36.4 Å². The first kappa shape index (κ1) is 20.7. The van der Waals surface area contributed by atoms with E-state index in [0.29, 0.717) is 13.2 Å². The van der Waals surface area contributed by atoms with Crippen LogP contribution < -0.4 is 10.6 Å². The predicted molar refractivity (Wildman–Crippen MR) is 105 cm³/mol. The largest absolute Gasteiger partial charge is 0.416 e. The van der Waals surface area contributed by atoms with Crippen LogP contribution in [-0.2, 0) is 22.1 Å². The van der Waals surface area contributed by atoms with Crippen molar-refractivity contribution in [3.05, 3.63) is 65.7 Å². The molecule has 2 heterocycles. The summed E-state index contributed by atoms with van der Waals surface area (Å²) in [5, 5.41) is 5.23. The molecule has 2 fully saturated rings. The molecule has 160 valence electrons. The number of ether oxygens (including phenoxy) is 2. The molecule has 0 radical (unpaired) electrons. The lowest BCUT2D eigenvalue weighted by Crippen LogP contribution is -2.45. The minimum atomic E-state index is -4.47. The molecular formula is C22H23F3N2O3. The Morgan fingerprint density at radius 3 is 2.53 bits per heavy atom. The average Bonchev–Trinajstić information content (AvgIpc) is 3.30. The molecule has 0 aromatic heterocycles. The number of rotatable bonds is 5. The van der Waals surface area contributed by atoms with E-state index in [2.05, 4.69) is 22.8 Å². The Bertz CT molecular complexity index is 875. The number of carbonyl (C=O) groups excluding carboxylic acids is 1. The van der Waals surface area contributed by atoms with Crippen LogP contribution in [0.4, 0.5) is 23.7 Å². The predicted octanol–water partition coefficient (Wildman–Crippen LogP) is 4.24. The molecule has 0 spiro atoms. The van der Waals surface area contributed by atoms with E-state index in [4.69, 9.17) is 9.47 Å². The van der Waals surface area contributed by atoms with Crippen molar-refractivity contribution in [2.75, 3.05) is 18.5 Å². The average molecular weight is 420 g/mol. The molecule has 2 aliphatic rings. The van der Waals surface area contributed by atoms with Crippen molar-refractivity contribution in [1.82, 2.24) is 5.32 Å². The zero-order chi connectivity index (χ0) is 21.1. The van der Waals surface area contributed by atoms with Gasteiger partial charge in [-0.3, -0.25) is 0 Å². The summed E-state index contributed by atoms with van der Waals surface area (Å²) in [5.41, 5.74) is 0.518. The minimum absolute atomic E-state index is 0.0749. The molecular weight excluding hydrogens is 397 g/mol. The molecule has 30 heavy (non-hydrogen) atoms. The molecule has 0 aliphatic carbocycles. The van der Waals surface area contributed by atoms with Gasteiger partial charge in [-0.25, -0.2) is 4.79 Å².